The average Bonchev–Trinajstić information content (AvgIpc) is 3.56. The molecule has 4 rings (SSSR count). The number of para-hydroxylation sites is 1. The zero-order chi connectivity index (χ0) is 21.1. The van der Waals surface area contributed by atoms with E-state index in [9.17, 15) is 13.2 Å². The molecule has 0 aromatic heterocycles. The largest absolute Gasteiger partial charge is 0.369 e. The minimum Gasteiger partial charge on any atom is -0.369 e. The van der Waals surface area contributed by atoms with Gasteiger partial charge in [-0.15, -0.1) is 0 Å². The third-order valence-electron chi connectivity index (χ3n) is 5.60. The summed E-state index contributed by atoms with van der Waals surface area (Å²) >= 11 is 0. The van der Waals surface area contributed by atoms with Gasteiger partial charge in [0.15, 0.2) is 0 Å². The summed E-state index contributed by atoms with van der Waals surface area (Å²) in [4.78, 5) is 17.5. The summed E-state index contributed by atoms with van der Waals surface area (Å²) in [6.07, 6.45) is 1.77. The molecule has 1 saturated carbocycles. The fourth-order valence-corrected chi connectivity index (χ4v) is 4.87. The van der Waals surface area contributed by atoms with Gasteiger partial charge in [0.1, 0.15) is 0 Å². The molecule has 0 bridgehead atoms. The smallest absolute Gasteiger partial charge is 0.251 e. The van der Waals surface area contributed by atoms with Crippen molar-refractivity contribution >= 4 is 21.6 Å². The number of nitrogens with zero attached hydrogens (tertiary/aromatic N) is 2. The summed E-state index contributed by atoms with van der Waals surface area (Å²) in [5, 5.41) is 2.96. The Hall–Kier alpha value is -2.42. The molecule has 1 saturated heterocycles. The van der Waals surface area contributed by atoms with Gasteiger partial charge in [0.05, 0.1) is 4.90 Å². The lowest BCUT2D eigenvalue weighted by molar-refractivity contribution is 0.0951. The van der Waals surface area contributed by atoms with Crippen LogP contribution in [0, 0.1) is 0 Å². The normalized spacial score (nSPS) is 17.7. The molecule has 160 valence electrons. The lowest BCUT2D eigenvalue weighted by Crippen LogP contribution is -2.45. The summed E-state index contributed by atoms with van der Waals surface area (Å²) in [5.41, 5.74) is 2.67. The summed E-state index contributed by atoms with van der Waals surface area (Å²) in [6.45, 7) is 4.39. The highest BCUT2D eigenvalue weighted by molar-refractivity contribution is 7.89. The maximum absolute atomic E-state index is 12.6. The van der Waals surface area contributed by atoms with Crippen LogP contribution in [0.2, 0.25) is 0 Å². The topological polar surface area (TPSA) is 81.8 Å². The predicted molar refractivity (Wildman–Crippen MR) is 117 cm³/mol. The molecular formula is C22H28N4O3S. The van der Waals surface area contributed by atoms with Crippen LogP contribution in [-0.4, -0.2) is 58.5 Å². The second kappa shape index (κ2) is 8.75. The van der Waals surface area contributed by atoms with E-state index >= 15 is 0 Å². The Balaban J connectivity index is 1.39. The van der Waals surface area contributed by atoms with Gasteiger partial charge in [0, 0.05) is 50.0 Å². The Morgan fingerprint density at radius 3 is 2.33 bits per heavy atom. The number of nitrogens with one attached hydrogen (secondary N) is 2. The van der Waals surface area contributed by atoms with E-state index in [0.717, 1.165) is 50.3 Å². The monoisotopic (exact) mass is 428 g/mol. The van der Waals surface area contributed by atoms with E-state index in [1.165, 1.54) is 12.1 Å². The van der Waals surface area contributed by atoms with Gasteiger partial charge in [-0.3, -0.25) is 4.79 Å². The molecule has 1 aliphatic heterocycles. The zero-order valence-corrected chi connectivity index (χ0v) is 18.0. The molecule has 0 spiro atoms. The molecule has 2 N–H and O–H groups in total. The van der Waals surface area contributed by atoms with Crippen LogP contribution < -0.4 is 14.9 Å². The molecule has 1 heterocycles. The molecule has 0 unspecified atom stereocenters. The quantitative estimate of drug-likeness (QED) is 0.703. The first-order valence-corrected chi connectivity index (χ1v) is 11.8. The van der Waals surface area contributed by atoms with E-state index < -0.39 is 10.0 Å². The number of anilines is 1. The Bertz CT molecular complexity index is 995. The number of hydrogen-bond acceptors (Lipinski definition) is 5. The molecule has 2 fully saturated rings. The number of amides is 1. The molecule has 2 aromatic carbocycles. The minimum atomic E-state index is -3.51. The maximum Gasteiger partial charge on any atom is 0.251 e. The first-order chi connectivity index (χ1) is 14.4. The fraction of sp³-hybridized carbons (Fsp3) is 0.409. The van der Waals surface area contributed by atoms with Crippen molar-refractivity contribution < 1.29 is 13.2 Å². The van der Waals surface area contributed by atoms with Crippen molar-refractivity contribution in [2.75, 3.05) is 38.1 Å². The van der Waals surface area contributed by atoms with Crippen LogP contribution in [0.4, 0.5) is 5.69 Å². The van der Waals surface area contributed by atoms with Gasteiger partial charge in [0.2, 0.25) is 10.0 Å². The zero-order valence-electron chi connectivity index (χ0n) is 17.2. The van der Waals surface area contributed by atoms with Crippen LogP contribution in [0.25, 0.3) is 0 Å². The molecule has 30 heavy (non-hydrogen) atoms. The molecule has 2 aromatic rings. The third-order valence-corrected chi connectivity index (χ3v) is 7.14. The summed E-state index contributed by atoms with van der Waals surface area (Å²) in [7, 11) is -1.38. The molecule has 7 nitrogen and oxygen atoms in total. The molecular weight excluding hydrogens is 400 g/mol. The molecule has 1 aliphatic carbocycles. The van der Waals surface area contributed by atoms with Crippen molar-refractivity contribution in [3.63, 3.8) is 0 Å². The lowest BCUT2D eigenvalue weighted by atomic mass is 10.1. The SMILES string of the molecule is CN1CCN(c2ccccc2CNC(=O)c2ccc(S(=O)(=O)NC3CC3)cc2)CC1. The lowest BCUT2D eigenvalue weighted by Gasteiger charge is -2.35. The standard InChI is InChI=1S/C22H28N4O3S/c1-25-12-14-26(15-13-25)21-5-3-2-4-18(21)16-23-22(27)17-6-10-20(11-7-17)30(28,29)24-19-8-9-19/h2-7,10-11,19,24H,8-9,12-16H2,1H3,(H,23,27). The number of carbonyl (C=O) groups excluding carboxylic acids is 1. The van der Waals surface area contributed by atoms with Crippen LogP contribution in [0.15, 0.2) is 53.4 Å². The highest BCUT2D eigenvalue weighted by Gasteiger charge is 2.28. The maximum atomic E-state index is 12.6. The summed E-state index contributed by atoms with van der Waals surface area (Å²) in [5.74, 6) is -0.220. The molecule has 1 amide bonds. The van der Waals surface area contributed by atoms with Gasteiger partial charge in [-0.2, -0.15) is 0 Å². The van der Waals surface area contributed by atoms with E-state index in [2.05, 4.69) is 33.0 Å². The second-order valence-electron chi connectivity index (χ2n) is 8.02. The van der Waals surface area contributed by atoms with Gasteiger partial charge in [-0.1, -0.05) is 18.2 Å². The molecule has 8 heteroatoms. The summed E-state index contributed by atoms with van der Waals surface area (Å²) in [6, 6.07) is 14.3. The van der Waals surface area contributed by atoms with Gasteiger partial charge < -0.3 is 15.1 Å². The number of sulfonamides is 1. The number of piperazine rings is 1. The van der Waals surface area contributed by atoms with E-state index in [0.29, 0.717) is 12.1 Å². The van der Waals surface area contributed by atoms with Gasteiger partial charge in [-0.05, 0) is 55.8 Å². The van der Waals surface area contributed by atoms with E-state index in [1.807, 2.05) is 18.2 Å². The average molecular weight is 429 g/mol. The van der Waals surface area contributed by atoms with E-state index in [-0.39, 0.29) is 16.8 Å². The number of benzene rings is 2. The van der Waals surface area contributed by atoms with Crippen molar-refractivity contribution in [2.45, 2.75) is 30.3 Å². The number of likely N-dealkylation sites (N-methyl/N-ethyl adjacent to an activating group) is 1. The van der Waals surface area contributed by atoms with Crippen molar-refractivity contribution in [2.24, 2.45) is 0 Å². The van der Waals surface area contributed by atoms with E-state index in [1.54, 1.807) is 12.1 Å². The Morgan fingerprint density at radius 1 is 1.00 bits per heavy atom. The Labute approximate surface area is 178 Å². The number of carbonyl (C=O) groups is 1. The molecule has 2 aliphatic rings. The van der Waals surface area contributed by atoms with Gasteiger partial charge >= 0.3 is 0 Å². The van der Waals surface area contributed by atoms with Crippen LogP contribution >= 0.6 is 0 Å². The van der Waals surface area contributed by atoms with Gasteiger partial charge in [0.25, 0.3) is 5.91 Å². The highest BCUT2D eigenvalue weighted by atomic mass is 32.2. The Kier molecular flexibility index (Phi) is 6.08. The minimum absolute atomic E-state index is 0.0540. The van der Waals surface area contributed by atoms with Crippen LogP contribution in [0.5, 0.6) is 0 Å². The first kappa shape index (κ1) is 20.8. The second-order valence-corrected chi connectivity index (χ2v) is 9.74. The summed E-state index contributed by atoms with van der Waals surface area (Å²) < 4.78 is 27.2. The molecule has 0 atom stereocenters. The van der Waals surface area contributed by atoms with Crippen molar-refractivity contribution in [3.05, 3.63) is 59.7 Å². The number of rotatable bonds is 7. The predicted octanol–water partition coefficient (Wildman–Crippen LogP) is 1.81. The third kappa shape index (κ3) is 5.00. The molecule has 0 radical (unpaired) electrons. The van der Waals surface area contributed by atoms with Gasteiger partial charge in [-0.25, -0.2) is 13.1 Å². The van der Waals surface area contributed by atoms with Crippen molar-refractivity contribution in [3.8, 4) is 0 Å². The first-order valence-electron chi connectivity index (χ1n) is 10.3. The van der Waals surface area contributed by atoms with Crippen LogP contribution in [-0.2, 0) is 16.6 Å². The van der Waals surface area contributed by atoms with E-state index in [4.69, 9.17) is 0 Å². The fourth-order valence-electron chi connectivity index (χ4n) is 3.57. The highest BCUT2D eigenvalue weighted by Crippen LogP contribution is 2.23. The number of hydrogen-bond donors (Lipinski definition) is 2. The van der Waals surface area contributed by atoms with Crippen molar-refractivity contribution in [1.29, 1.82) is 0 Å². The van der Waals surface area contributed by atoms with Crippen LogP contribution in [0.1, 0.15) is 28.8 Å². The van der Waals surface area contributed by atoms with Crippen molar-refractivity contribution in [1.82, 2.24) is 14.9 Å². The Morgan fingerprint density at radius 2 is 1.67 bits per heavy atom. The van der Waals surface area contributed by atoms with Crippen LogP contribution in [0.3, 0.4) is 0 Å².